The van der Waals surface area contributed by atoms with Gasteiger partial charge < -0.3 is 15.0 Å². The van der Waals surface area contributed by atoms with Crippen molar-refractivity contribution in [3.8, 4) is 0 Å². The van der Waals surface area contributed by atoms with Gasteiger partial charge in [-0.1, -0.05) is 6.07 Å². The molecular weight excluding hydrogens is 310 g/mol. The van der Waals surface area contributed by atoms with E-state index in [0.717, 1.165) is 29.5 Å². The quantitative estimate of drug-likeness (QED) is 0.936. The predicted molar refractivity (Wildman–Crippen MR) is 93.1 cm³/mol. The van der Waals surface area contributed by atoms with Crippen LogP contribution in [0.25, 0.3) is 0 Å². The summed E-state index contributed by atoms with van der Waals surface area (Å²) in [5.41, 5.74) is 0.727. The van der Waals surface area contributed by atoms with E-state index in [1.54, 1.807) is 17.5 Å². The molecule has 0 bridgehead atoms. The van der Waals surface area contributed by atoms with Crippen LogP contribution in [-0.4, -0.2) is 36.2 Å². The maximum Gasteiger partial charge on any atom is 0.229 e. The smallest absolute Gasteiger partial charge is 0.229 e. The van der Waals surface area contributed by atoms with Crippen molar-refractivity contribution in [2.75, 3.05) is 23.3 Å². The topological polar surface area (TPSA) is 54.5 Å². The number of pyridine rings is 1. The molecule has 1 aliphatic rings. The van der Waals surface area contributed by atoms with Gasteiger partial charge in [-0.25, -0.2) is 4.98 Å². The number of hydrogen-bond donors (Lipinski definition) is 1. The number of amides is 1. The molecule has 3 rings (SSSR count). The van der Waals surface area contributed by atoms with Gasteiger partial charge in [0.05, 0.1) is 30.5 Å². The molecule has 1 amide bonds. The lowest BCUT2D eigenvalue weighted by atomic mass is 10.2. The molecule has 0 saturated carbocycles. The van der Waals surface area contributed by atoms with Crippen molar-refractivity contribution in [2.24, 2.45) is 0 Å². The number of hydrogen-bond acceptors (Lipinski definition) is 5. The molecule has 2 atom stereocenters. The highest BCUT2D eigenvalue weighted by Gasteiger charge is 2.23. The summed E-state index contributed by atoms with van der Waals surface area (Å²) in [7, 11) is 0. The molecule has 0 aliphatic carbocycles. The Morgan fingerprint density at radius 1 is 1.35 bits per heavy atom. The first-order chi connectivity index (χ1) is 11.1. The van der Waals surface area contributed by atoms with E-state index < -0.39 is 0 Å². The van der Waals surface area contributed by atoms with E-state index in [1.165, 1.54) is 0 Å². The van der Waals surface area contributed by atoms with Crippen molar-refractivity contribution in [2.45, 2.75) is 32.5 Å². The number of aromatic nitrogens is 1. The Morgan fingerprint density at radius 2 is 2.13 bits per heavy atom. The molecule has 0 unspecified atom stereocenters. The van der Waals surface area contributed by atoms with Crippen LogP contribution in [0.5, 0.6) is 0 Å². The predicted octanol–water partition coefficient (Wildman–Crippen LogP) is 2.94. The molecule has 1 saturated heterocycles. The monoisotopic (exact) mass is 331 g/mol. The van der Waals surface area contributed by atoms with E-state index in [1.807, 2.05) is 29.6 Å². The average molecular weight is 331 g/mol. The Bertz CT molecular complexity index is 632. The molecule has 6 heteroatoms. The zero-order valence-corrected chi connectivity index (χ0v) is 14.2. The third kappa shape index (κ3) is 4.30. The summed E-state index contributed by atoms with van der Waals surface area (Å²) in [6.45, 7) is 5.81. The van der Waals surface area contributed by atoms with Crippen molar-refractivity contribution in [1.82, 2.24) is 4.98 Å². The summed E-state index contributed by atoms with van der Waals surface area (Å²) in [4.78, 5) is 19.7. The fourth-order valence-corrected chi connectivity index (χ4v) is 3.49. The lowest BCUT2D eigenvalue weighted by Gasteiger charge is -2.36. The zero-order chi connectivity index (χ0) is 16.2. The van der Waals surface area contributed by atoms with Gasteiger partial charge in [-0.15, -0.1) is 11.3 Å². The second-order valence-corrected chi connectivity index (χ2v) is 6.90. The molecule has 5 nitrogen and oxygen atoms in total. The lowest BCUT2D eigenvalue weighted by Crippen LogP contribution is -2.45. The number of nitrogens with one attached hydrogen (secondary N) is 1. The Balaban J connectivity index is 1.59. The van der Waals surface area contributed by atoms with Crippen LogP contribution in [0.4, 0.5) is 11.5 Å². The third-order valence-corrected chi connectivity index (χ3v) is 4.57. The first-order valence-corrected chi connectivity index (χ1v) is 8.67. The summed E-state index contributed by atoms with van der Waals surface area (Å²) in [5.74, 6) is 0.902. The van der Waals surface area contributed by atoms with E-state index in [-0.39, 0.29) is 18.1 Å². The van der Waals surface area contributed by atoms with E-state index in [4.69, 9.17) is 4.74 Å². The summed E-state index contributed by atoms with van der Waals surface area (Å²) in [5, 5.41) is 4.87. The number of rotatable bonds is 4. The Kier molecular flexibility index (Phi) is 4.93. The molecule has 3 heterocycles. The van der Waals surface area contributed by atoms with Crippen LogP contribution in [0.3, 0.4) is 0 Å². The van der Waals surface area contributed by atoms with Gasteiger partial charge in [-0.2, -0.15) is 0 Å². The highest BCUT2D eigenvalue weighted by atomic mass is 32.1. The van der Waals surface area contributed by atoms with Crippen LogP contribution in [-0.2, 0) is 16.0 Å². The van der Waals surface area contributed by atoms with Crippen LogP contribution in [0.1, 0.15) is 18.7 Å². The van der Waals surface area contributed by atoms with Crippen molar-refractivity contribution >= 4 is 28.7 Å². The van der Waals surface area contributed by atoms with E-state index in [9.17, 15) is 4.79 Å². The van der Waals surface area contributed by atoms with Gasteiger partial charge in [0.2, 0.25) is 5.91 Å². The van der Waals surface area contributed by atoms with Gasteiger partial charge in [0.1, 0.15) is 5.82 Å². The second-order valence-electron chi connectivity index (χ2n) is 5.87. The molecule has 1 N–H and O–H groups in total. The molecule has 1 aliphatic heterocycles. The van der Waals surface area contributed by atoms with Crippen LogP contribution >= 0.6 is 11.3 Å². The van der Waals surface area contributed by atoms with Gasteiger partial charge >= 0.3 is 0 Å². The summed E-state index contributed by atoms with van der Waals surface area (Å²) in [6, 6.07) is 7.77. The van der Waals surface area contributed by atoms with Crippen LogP contribution in [0.2, 0.25) is 0 Å². The fraction of sp³-hybridized carbons (Fsp3) is 0.412. The molecule has 122 valence electrons. The fourth-order valence-electron chi connectivity index (χ4n) is 2.79. The van der Waals surface area contributed by atoms with Crippen molar-refractivity contribution in [1.29, 1.82) is 0 Å². The summed E-state index contributed by atoms with van der Waals surface area (Å²) in [6.07, 6.45) is 2.51. The van der Waals surface area contributed by atoms with Crippen molar-refractivity contribution in [3.63, 3.8) is 0 Å². The number of anilines is 2. The molecular formula is C17H21N3O2S. The van der Waals surface area contributed by atoms with Gasteiger partial charge in [-0.05, 0) is 37.4 Å². The van der Waals surface area contributed by atoms with Crippen molar-refractivity contribution < 1.29 is 9.53 Å². The maximum atomic E-state index is 12.0. The van der Waals surface area contributed by atoms with Gasteiger partial charge in [0.25, 0.3) is 0 Å². The SMILES string of the molecule is C[C@@H]1CN(c2ccc(NC(=O)Cc3cccs3)cn2)C[C@H](C)O1. The minimum atomic E-state index is -0.0179. The number of carbonyl (C=O) groups excluding carboxylic acids is 1. The molecule has 23 heavy (non-hydrogen) atoms. The molecule has 0 radical (unpaired) electrons. The highest BCUT2D eigenvalue weighted by Crippen LogP contribution is 2.20. The first-order valence-electron chi connectivity index (χ1n) is 7.79. The average Bonchev–Trinajstić information content (AvgIpc) is 2.99. The summed E-state index contributed by atoms with van der Waals surface area (Å²) < 4.78 is 5.74. The lowest BCUT2D eigenvalue weighted by molar-refractivity contribution is -0.115. The van der Waals surface area contributed by atoms with Crippen molar-refractivity contribution in [3.05, 3.63) is 40.7 Å². The Hall–Kier alpha value is -1.92. The molecule has 1 fully saturated rings. The Morgan fingerprint density at radius 3 is 2.74 bits per heavy atom. The van der Waals surface area contributed by atoms with E-state index >= 15 is 0 Å². The van der Waals surface area contributed by atoms with Crippen LogP contribution < -0.4 is 10.2 Å². The zero-order valence-electron chi connectivity index (χ0n) is 13.4. The highest BCUT2D eigenvalue weighted by molar-refractivity contribution is 7.10. The van der Waals surface area contributed by atoms with Crippen LogP contribution in [0, 0.1) is 0 Å². The normalized spacial score (nSPS) is 21.2. The minimum absolute atomic E-state index is 0.0179. The molecule has 0 spiro atoms. The third-order valence-electron chi connectivity index (χ3n) is 3.69. The largest absolute Gasteiger partial charge is 0.372 e. The minimum Gasteiger partial charge on any atom is -0.372 e. The summed E-state index contributed by atoms with van der Waals surface area (Å²) >= 11 is 1.59. The molecule has 2 aromatic heterocycles. The Labute approximate surface area is 140 Å². The number of carbonyl (C=O) groups is 1. The number of morpholine rings is 1. The van der Waals surface area contributed by atoms with Gasteiger partial charge in [0.15, 0.2) is 0 Å². The number of thiophene rings is 1. The maximum absolute atomic E-state index is 12.0. The van der Waals surface area contributed by atoms with Gasteiger partial charge in [0, 0.05) is 18.0 Å². The van der Waals surface area contributed by atoms with E-state index in [2.05, 4.69) is 29.0 Å². The standard InChI is InChI=1S/C17H21N3O2S/c1-12-10-20(11-13(2)22-12)16-6-5-14(9-18-16)19-17(21)8-15-4-3-7-23-15/h3-7,9,12-13H,8,10-11H2,1-2H3,(H,19,21)/t12-,13+. The number of ether oxygens (including phenoxy) is 1. The molecule has 0 aromatic carbocycles. The first kappa shape index (κ1) is 16.0. The number of nitrogens with zero attached hydrogens (tertiary/aromatic N) is 2. The van der Waals surface area contributed by atoms with Crippen LogP contribution in [0.15, 0.2) is 35.8 Å². The van der Waals surface area contributed by atoms with E-state index in [0.29, 0.717) is 6.42 Å². The molecule has 2 aromatic rings. The second kappa shape index (κ2) is 7.10. The van der Waals surface area contributed by atoms with Gasteiger partial charge in [-0.3, -0.25) is 4.79 Å².